The molecule has 1 aliphatic heterocycles. The molecule has 1 unspecified atom stereocenters. The van der Waals surface area contributed by atoms with Crippen molar-refractivity contribution in [1.82, 2.24) is 9.80 Å². The second-order valence-corrected chi connectivity index (χ2v) is 9.46. The molecule has 0 radical (unpaired) electrons. The summed E-state index contributed by atoms with van der Waals surface area (Å²) in [6.07, 6.45) is -0.627. The van der Waals surface area contributed by atoms with Gasteiger partial charge in [0.15, 0.2) is 12.7 Å². The Morgan fingerprint density at radius 3 is 2.27 bits per heavy atom. The van der Waals surface area contributed by atoms with E-state index in [0.29, 0.717) is 18.8 Å². The first-order valence-electron chi connectivity index (χ1n) is 12.2. The first-order valence-corrected chi connectivity index (χ1v) is 12.6. The summed E-state index contributed by atoms with van der Waals surface area (Å²) in [5.41, 5.74) is 4.40. The van der Waals surface area contributed by atoms with Crippen LogP contribution in [0, 0.1) is 0 Å². The molecule has 194 valence electrons. The van der Waals surface area contributed by atoms with Crippen molar-refractivity contribution in [2.45, 2.75) is 19.1 Å². The minimum Gasteiger partial charge on any atom is -0.484 e. The SMILES string of the molecule is COC(Cc1ccc(OCC(=O)N2CCN(Cc3ccccc3-c3ccc(Cl)cc3)CC2)cc1)C(=O)O. The average Bonchev–Trinajstić information content (AvgIpc) is 2.92. The maximum atomic E-state index is 12.7. The predicted molar refractivity (Wildman–Crippen MR) is 143 cm³/mol. The molecule has 1 aliphatic rings. The molecule has 4 rings (SSSR count). The average molecular weight is 523 g/mol. The number of piperazine rings is 1. The molecule has 0 bridgehead atoms. The highest BCUT2D eigenvalue weighted by molar-refractivity contribution is 6.30. The van der Waals surface area contributed by atoms with Gasteiger partial charge in [0, 0.05) is 51.3 Å². The van der Waals surface area contributed by atoms with E-state index in [0.717, 1.165) is 35.8 Å². The first-order chi connectivity index (χ1) is 17.9. The van der Waals surface area contributed by atoms with Crippen LogP contribution in [0.1, 0.15) is 11.1 Å². The lowest BCUT2D eigenvalue weighted by molar-refractivity contribution is -0.148. The Labute approximate surface area is 222 Å². The number of carboxylic acids is 1. The highest BCUT2D eigenvalue weighted by Crippen LogP contribution is 2.26. The van der Waals surface area contributed by atoms with Crippen LogP contribution in [0.25, 0.3) is 11.1 Å². The van der Waals surface area contributed by atoms with E-state index in [1.165, 1.54) is 18.2 Å². The molecule has 3 aromatic carbocycles. The standard InChI is InChI=1S/C29H31ClN2O5/c1-36-27(29(34)35)18-21-6-12-25(13-7-21)37-20-28(33)32-16-14-31(15-17-32)19-23-4-2-3-5-26(23)22-8-10-24(30)11-9-22/h2-13,27H,14-20H2,1H3,(H,34,35). The number of amides is 1. The van der Waals surface area contributed by atoms with E-state index in [9.17, 15) is 9.59 Å². The molecule has 1 fully saturated rings. The number of benzene rings is 3. The van der Waals surface area contributed by atoms with Gasteiger partial charge in [-0.25, -0.2) is 4.79 Å². The first kappa shape index (κ1) is 26.7. The van der Waals surface area contributed by atoms with E-state index in [1.807, 2.05) is 35.2 Å². The van der Waals surface area contributed by atoms with Crippen LogP contribution in [0.2, 0.25) is 5.02 Å². The van der Waals surface area contributed by atoms with Crippen molar-refractivity contribution in [2.75, 3.05) is 39.9 Å². The molecule has 1 saturated heterocycles. The van der Waals surface area contributed by atoms with Gasteiger partial charge in [-0.1, -0.05) is 60.1 Å². The third-order valence-corrected chi connectivity index (χ3v) is 6.81. The number of aliphatic carboxylic acids is 1. The van der Waals surface area contributed by atoms with Crippen molar-refractivity contribution < 1.29 is 24.2 Å². The molecule has 1 N–H and O–H groups in total. The zero-order valence-electron chi connectivity index (χ0n) is 20.8. The van der Waals surface area contributed by atoms with Crippen molar-refractivity contribution in [3.63, 3.8) is 0 Å². The topological polar surface area (TPSA) is 79.3 Å². The molecule has 37 heavy (non-hydrogen) atoms. The summed E-state index contributed by atoms with van der Waals surface area (Å²) in [5.74, 6) is -0.478. The van der Waals surface area contributed by atoms with Gasteiger partial charge in [-0.3, -0.25) is 9.69 Å². The molecule has 8 heteroatoms. The second kappa shape index (κ2) is 12.7. The molecule has 1 amide bonds. The van der Waals surface area contributed by atoms with Gasteiger partial charge in [0.25, 0.3) is 5.91 Å². The quantitative estimate of drug-likeness (QED) is 0.426. The van der Waals surface area contributed by atoms with Crippen LogP contribution in [-0.4, -0.2) is 72.8 Å². The van der Waals surface area contributed by atoms with Crippen molar-refractivity contribution >= 4 is 23.5 Å². The summed E-state index contributed by atoms with van der Waals surface area (Å²) in [4.78, 5) is 28.0. The van der Waals surface area contributed by atoms with E-state index in [4.69, 9.17) is 26.2 Å². The van der Waals surface area contributed by atoms with Crippen LogP contribution < -0.4 is 4.74 Å². The second-order valence-electron chi connectivity index (χ2n) is 9.02. The third-order valence-electron chi connectivity index (χ3n) is 6.56. The van der Waals surface area contributed by atoms with Crippen LogP contribution in [-0.2, 0) is 27.3 Å². The highest BCUT2D eigenvalue weighted by Gasteiger charge is 2.22. The Kier molecular flexibility index (Phi) is 9.17. The van der Waals surface area contributed by atoms with Crippen LogP contribution in [0.5, 0.6) is 5.75 Å². The van der Waals surface area contributed by atoms with E-state index in [1.54, 1.807) is 24.3 Å². The number of halogens is 1. The van der Waals surface area contributed by atoms with E-state index >= 15 is 0 Å². The molecule has 0 aliphatic carbocycles. The van der Waals surface area contributed by atoms with Gasteiger partial charge in [0.2, 0.25) is 0 Å². The number of nitrogens with zero attached hydrogens (tertiary/aromatic N) is 2. The minimum atomic E-state index is -1.00. The number of carbonyl (C=O) groups is 2. The Balaban J connectivity index is 1.25. The minimum absolute atomic E-state index is 0.0332. The summed E-state index contributed by atoms with van der Waals surface area (Å²) in [6, 6.07) is 23.3. The van der Waals surface area contributed by atoms with Gasteiger partial charge < -0.3 is 19.5 Å². The molecule has 0 spiro atoms. The molecular weight excluding hydrogens is 492 g/mol. The molecule has 7 nitrogen and oxygen atoms in total. The maximum Gasteiger partial charge on any atom is 0.333 e. The van der Waals surface area contributed by atoms with Crippen molar-refractivity contribution in [3.05, 3.63) is 88.9 Å². The zero-order valence-corrected chi connectivity index (χ0v) is 21.6. The number of hydrogen-bond donors (Lipinski definition) is 1. The summed E-state index contributed by atoms with van der Waals surface area (Å²) in [6.45, 7) is 3.67. The van der Waals surface area contributed by atoms with Crippen LogP contribution >= 0.6 is 11.6 Å². The Bertz CT molecular complexity index is 1190. The molecule has 1 atom stereocenters. The van der Waals surface area contributed by atoms with Gasteiger partial charge >= 0.3 is 5.97 Å². The lowest BCUT2D eigenvalue weighted by Crippen LogP contribution is -2.49. The van der Waals surface area contributed by atoms with Gasteiger partial charge in [0.05, 0.1) is 0 Å². The number of ether oxygens (including phenoxy) is 2. The third kappa shape index (κ3) is 7.32. The lowest BCUT2D eigenvalue weighted by Gasteiger charge is -2.35. The number of hydrogen-bond acceptors (Lipinski definition) is 5. The normalized spacial score (nSPS) is 14.8. The maximum absolute atomic E-state index is 12.7. The molecule has 0 saturated carbocycles. The van der Waals surface area contributed by atoms with E-state index in [2.05, 4.69) is 23.1 Å². The zero-order chi connectivity index (χ0) is 26.2. The number of methoxy groups -OCH3 is 1. The molecule has 0 aromatic heterocycles. The summed E-state index contributed by atoms with van der Waals surface area (Å²) in [7, 11) is 1.38. The largest absolute Gasteiger partial charge is 0.484 e. The van der Waals surface area contributed by atoms with Gasteiger partial charge in [-0.2, -0.15) is 0 Å². The number of rotatable bonds is 10. The Hall–Kier alpha value is -3.39. The van der Waals surface area contributed by atoms with E-state index < -0.39 is 12.1 Å². The summed E-state index contributed by atoms with van der Waals surface area (Å²) >= 11 is 6.06. The van der Waals surface area contributed by atoms with Crippen LogP contribution in [0.15, 0.2) is 72.8 Å². The molecule has 3 aromatic rings. The molecule has 1 heterocycles. The highest BCUT2D eigenvalue weighted by atomic mass is 35.5. The van der Waals surface area contributed by atoms with Crippen LogP contribution in [0.3, 0.4) is 0 Å². The van der Waals surface area contributed by atoms with Gasteiger partial charge in [-0.15, -0.1) is 0 Å². The van der Waals surface area contributed by atoms with Crippen molar-refractivity contribution in [1.29, 1.82) is 0 Å². The Morgan fingerprint density at radius 1 is 0.946 bits per heavy atom. The van der Waals surface area contributed by atoms with Gasteiger partial charge in [0.1, 0.15) is 5.75 Å². The summed E-state index contributed by atoms with van der Waals surface area (Å²) < 4.78 is 10.7. The van der Waals surface area contributed by atoms with Crippen molar-refractivity contribution in [2.24, 2.45) is 0 Å². The number of carboxylic acid groups (broad SMARTS) is 1. The van der Waals surface area contributed by atoms with E-state index in [-0.39, 0.29) is 18.9 Å². The fraction of sp³-hybridized carbons (Fsp3) is 0.310. The fourth-order valence-corrected chi connectivity index (χ4v) is 4.54. The number of carbonyl (C=O) groups excluding carboxylic acids is 1. The van der Waals surface area contributed by atoms with Gasteiger partial charge in [-0.05, 0) is 46.5 Å². The fourth-order valence-electron chi connectivity index (χ4n) is 4.41. The lowest BCUT2D eigenvalue weighted by atomic mass is 9.99. The monoisotopic (exact) mass is 522 g/mol. The smallest absolute Gasteiger partial charge is 0.333 e. The molecular formula is C29H31ClN2O5. The Morgan fingerprint density at radius 2 is 1.62 bits per heavy atom. The van der Waals surface area contributed by atoms with Crippen molar-refractivity contribution in [3.8, 4) is 16.9 Å². The van der Waals surface area contributed by atoms with Crippen LogP contribution in [0.4, 0.5) is 0 Å². The summed E-state index contributed by atoms with van der Waals surface area (Å²) in [5, 5.41) is 9.84. The predicted octanol–water partition coefficient (Wildman–Crippen LogP) is 4.37.